The van der Waals surface area contributed by atoms with Crippen LogP contribution in [0.5, 0.6) is 0 Å². The third-order valence-electron chi connectivity index (χ3n) is 6.64. The Morgan fingerprint density at radius 1 is 1.10 bits per heavy atom. The largest absolute Gasteiger partial charge is 0.368 e. The fourth-order valence-electron chi connectivity index (χ4n) is 4.73. The van der Waals surface area contributed by atoms with Gasteiger partial charge in [0.15, 0.2) is 0 Å². The number of nitrogens with one attached hydrogen (secondary N) is 1. The van der Waals surface area contributed by atoms with Gasteiger partial charge in [-0.15, -0.1) is 0 Å². The van der Waals surface area contributed by atoms with Crippen molar-refractivity contribution in [1.82, 2.24) is 15.1 Å². The fraction of sp³-hybridized carbons (Fsp3) is 0.609. The lowest BCUT2D eigenvalue weighted by Crippen LogP contribution is -2.47. The second-order valence-corrected chi connectivity index (χ2v) is 9.57. The topological polar surface area (TPSA) is 38.8 Å². The Balaban J connectivity index is 1.18. The van der Waals surface area contributed by atoms with Crippen molar-refractivity contribution >= 4 is 33.8 Å². The third-order valence-corrected chi connectivity index (χ3v) is 7.41. The zero-order valence-corrected chi connectivity index (χ0v) is 18.6. The number of rotatable bonds is 5. The number of thiophene rings is 1. The Morgan fingerprint density at radius 3 is 2.59 bits per heavy atom. The Kier molecular flexibility index (Phi) is 6.60. The summed E-state index contributed by atoms with van der Waals surface area (Å²) < 4.78 is 0. The van der Waals surface area contributed by atoms with E-state index in [1.54, 1.807) is 16.2 Å². The van der Waals surface area contributed by atoms with Crippen LogP contribution in [0.2, 0.25) is 0 Å². The highest BCUT2D eigenvalue weighted by Crippen LogP contribution is 2.31. The molecule has 2 aliphatic rings. The molecule has 158 valence electrons. The summed E-state index contributed by atoms with van der Waals surface area (Å²) in [4.78, 5) is 18.6. The number of hydrogen-bond donors (Lipinski definition) is 1. The van der Waals surface area contributed by atoms with E-state index in [0.717, 1.165) is 44.9 Å². The van der Waals surface area contributed by atoms with Crippen LogP contribution in [0.15, 0.2) is 29.0 Å². The van der Waals surface area contributed by atoms with Gasteiger partial charge in [0.2, 0.25) is 0 Å². The van der Waals surface area contributed by atoms with Crippen LogP contribution in [0.3, 0.4) is 0 Å². The minimum Gasteiger partial charge on any atom is -0.368 e. The van der Waals surface area contributed by atoms with Crippen LogP contribution in [0.25, 0.3) is 10.8 Å². The van der Waals surface area contributed by atoms with Crippen molar-refractivity contribution in [3.8, 4) is 0 Å². The standard InChI is InChI=1S/C23H34N4OS/c1-25(2)23(28)24-20-8-6-18(7-9-20)10-11-26-12-14-27(15-13-26)22-5-3-4-19-16-29-17-21(19)22/h3-5,16-18,20H,6-15H2,1-2H3,(H,24,28). The van der Waals surface area contributed by atoms with Crippen molar-refractivity contribution in [2.45, 2.75) is 38.1 Å². The van der Waals surface area contributed by atoms with Gasteiger partial charge in [-0.2, -0.15) is 11.3 Å². The minimum absolute atomic E-state index is 0.0458. The van der Waals surface area contributed by atoms with Crippen LogP contribution >= 0.6 is 11.3 Å². The number of benzene rings is 1. The van der Waals surface area contributed by atoms with Gasteiger partial charge in [0.25, 0.3) is 0 Å². The molecule has 2 fully saturated rings. The van der Waals surface area contributed by atoms with Gasteiger partial charge in [-0.1, -0.05) is 12.1 Å². The summed E-state index contributed by atoms with van der Waals surface area (Å²) in [6.45, 7) is 5.79. The first-order valence-corrected chi connectivity index (χ1v) is 11.9. The number of carbonyl (C=O) groups excluding carboxylic acids is 1. The van der Waals surface area contributed by atoms with E-state index in [4.69, 9.17) is 0 Å². The molecule has 2 amide bonds. The number of anilines is 1. The van der Waals surface area contributed by atoms with Gasteiger partial charge in [-0.3, -0.25) is 4.90 Å². The lowest BCUT2D eigenvalue weighted by molar-refractivity contribution is 0.194. The van der Waals surface area contributed by atoms with Crippen molar-refractivity contribution in [2.75, 3.05) is 51.7 Å². The summed E-state index contributed by atoms with van der Waals surface area (Å²) in [5.74, 6) is 0.820. The minimum atomic E-state index is 0.0458. The highest BCUT2D eigenvalue weighted by molar-refractivity contribution is 7.09. The Labute approximate surface area is 178 Å². The predicted molar refractivity (Wildman–Crippen MR) is 123 cm³/mol. The predicted octanol–water partition coefficient (Wildman–Crippen LogP) is 4.24. The summed E-state index contributed by atoms with van der Waals surface area (Å²) in [7, 11) is 3.61. The van der Waals surface area contributed by atoms with Gasteiger partial charge in [-0.05, 0) is 61.4 Å². The van der Waals surface area contributed by atoms with Crippen LogP contribution < -0.4 is 10.2 Å². The van der Waals surface area contributed by atoms with E-state index >= 15 is 0 Å². The van der Waals surface area contributed by atoms with E-state index in [1.165, 1.54) is 42.3 Å². The normalized spacial score (nSPS) is 23.3. The molecule has 1 aromatic heterocycles. The van der Waals surface area contributed by atoms with Crippen LogP contribution in [-0.2, 0) is 0 Å². The molecule has 1 saturated heterocycles. The average Bonchev–Trinajstić information content (AvgIpc) is 3.22. The number of carbonyl (C=O) groups is 1. The van der Waals surface area contributed by atoms with Gasteiger partial charge in [-0.25, -0.2) is 4.79 Å². The van der Waals surface area contributed by atoms with E-state index in [2.05, 4.69) is 44.1 Å². The zero-order chi connectivity index (χ0) is 20.2. The first-order chi connectivity index (χ1) is 14.1. The second-order valence-electron chi connectivity index (χ2n) is 8.83. The maximum atomic E-state index is 11.8. The van der Waals surface area contributed by atoms with Crippen molar-refractivity contribution in [3.63, 3.8) is 0 Å². The molecule has 5 nitrogen and oxygen atoms in total. The molecule has 6 heteroatoms. The number of nitrogens with zero attached hydrogens (tertiary/aromatic N) is 3. The Hall–Kier alpha value is -1.79. The monoisotopic (exact) mass is 414 g/mol. The van der Waals surface area contributed by atoms with E-state index in [1.807, 2.05) is 14.1 Å². The van der Waals surface area contributed by atoms with E-state index < -0.39 is 0 Å². The average molecular weight is 415 g/mol. The molecular formula is C23H34N4OS. The fourth-order valence-corrected chi connectivity index (χ4v) is 5.54. The molecule has 1 saturated carbocycles. The van der Waals surface area contributed by atoms with Gasteiger partial charge < -0.3 is 15.1 Å². The molecule has 0 radical (unpaired) electrons. The molecule has 0 spiro atoms. The quantitative estimate of drug-likeness (QED) is 0.795. The number of amides is 2. The van der Waals surface area contributed by atoms with Crippen LogP contribution in [-0.4, -0.2) is 68.7 Å². The smallest absolute Gasteiger partial charge is 0.317 e. The summed E-state index contributed by atoms with van der Waals surface area (Å²) >= 11 is 1.80. The van der Waals surface area contributed by atoms with E-state index in [-0.39, 0.29) is 6.03 Å². The maximum Gasteiger partial charge on any atom is 0.317 e. The number of hydrogen-bond acceptors (Lipinski definition) is 4. The Bertz CT molecular complexity index is 804. The van der Waals surface area contributed by atoms with E-state index in [0.29, 0.717) is 6.04 Å². The summed E-state index contributed by atoms with van der Waals surface area (Å²) in [6.07, 6.45) is 6.05. The zero-order valence-electron chi connectivity index (χ0n) is 17.8. The van der Waals surface area contributed by atoms with Crippen LogP contribution in [0.4, 0.5) is 10.5 Å². The maximum absolute atomic E-state index is 11.8. The van der Waals surface area contributed by atoms with Gasteiger partial charge in [0.1, 0.15) is 0 Å². The molecule has 0 atom stereocenters. The highest BCUT2D eigenvalue weighted by Gasteiger charge is 2.24. The van der Waals surface area contributed by atoms with Crippen molar-refractivity contribution in [1.29, 1.82) is 0 Å². The highest BCUT2D eigenvalue weighted by atomic mass is 32.1. The summed E-state index contributed by atoms with van der Waals surface area (Å²) in [5.41, 5.74) is 1.40. The molecule has 2 heterocycles. The number of piperazine rings is 1. The Morgan fingerprint density at radius 2 is 1.86 bits per heavy atom. The molecule has 1 aromatic carbocycles. The first kappa shape index (κ1) is 20.5. The molecule has 0 unspecified atom stereocenters. The molecule has 2 aromatic rings. The van der Waals surface area contributed by atoms with Crippen molar-refractivity contribution < 1.29 is 4.79 Å². The molecule has 0 bridgehead atoms. The van der Waals surface area contributed by atoms with Gasteiger partial charge >= 0.3 is 6.03 Å². The molecular weight excluding hydrogens is 380 g/mol. The van der Waals surface area contributed by atoms with Crippen LogP contribution in [0.1, 0.15) is 32.1 Å². The lowest BCUT2D eigenvalue weighted by atomic mass is 9.84. The van der Waals surface area contributed by atoms with Crippen LogP contribution in [0, 0.1) is 5.92 Å². The van der Waals surface area contributed by atoms with Gasteiger partial charge in [0.05, 0.1) is 0 Å². The molecule has 1 aliphatic heterocycles. The van der Waals surface area contributed by atoms with Crippen molar-refractivity contribution in [2.24, 2.45) is 5.92 Å². The lowest BCUT2D eigenvalue weighted by Gasteiger charge is -2.37. The van der Waals surface area contributed by atoms with E-state index in [9.17, 15) is 4.79 Å². The first-order valence-electron chi connectivity index (χ1n) is 11.0. The molecule has 1 N–H and O–H groups in total. The van der Waals surface area contributed by atoms with Gasteiger partial charge in [0, 0.05) is 62.8 Å². The summed E-state index contributed by atoms with van der Waals surface area (Å²) in [5, 5.41) is 10.5. The third kappa shape index (κ3) is 5.04. The SMILES string of the molecule is CN(C)C(=O)NC1CCC(CCN2CCN(c3cccc4cscc34)CC2)CC1. The number of urea groups is 1. The second kappa shape index (κ2) is 9.35. The molecule has 29 heavy (non-hydrogen) atoms. The molecule has 1 aliphatic carbocycles. The number of fused-ring (bicyclic) bond motifs is 1. The van der Waals surface area contributed by atoms with Crippen molar-refractivity contribution in [3.05, 3.63) is 29.0 Å². The summed E-state index contributed by atoms with van der Waals surface area (Å²) in [6, 6.07) is 7.09. The molecule has 4 rings (SSSR count).